The van der Waals surface area contributed by atoms with E-state index in [2.05, 4.69) is 4.98 Å². The highest BCUT2D eigenvalue weighted by atomic mass is 35.5. The molecule has 0 amide bonds. The summed E-state index contributed by atoms with van der Waals surface area (Å²) >= 11 is 11.7. The van der Waals surface area contributed by atoms with E-state index < -0.39 is 6.10 Å². The minimum absolute atomic E-state index is 0.195. The average molecular weight is 298 g/mol. The predicted molar refractivity (Wildman–Crippen MR) is 75.9 cm³/mol. The third kappa shape index (κ3) is 4.39. The van der Waals surface area contributed by atoms with Gasteiger partial charge in [-0.2, -0.15) is 0 Å². The third-order valence-electron chi connectivity index (χ3n) is 2.57. The molecule has 1 heterocycles. The van der Waals surface area contributed by atoms with Gasteiger partial charge in [0.1, 0.15) is 12.4 Å². The Kier molecular flexibility index (Phi) is 5.02. The summed E-state index contributed by atoms with van der Waals surface area (Å²) in [5.74, 6) is 0.671. The zero-order chi connectivity index (χ0) is 13.7. The molecule has 0 aliphatic heterocycles. The Morgan fingerprint density at radius 1 is 1.16 bits per heavy atom. The first kappa shape index (κ1) is 14.1. The lowest BCUT2D eigenvalue weighted by Gasteiger charge is -2.13. The largest absolute Gasteiger partial charge is 0.491 e. The van der Waals surface area contributed by atoms with Crippen molar-refractivity contribution in [1.29, 1.82) is 0 Å². The van der Waals surface area contributed by atoms with E-state index in [1.54, 1.807) is 42.7 Å². The second-order valence-electron chi connectivity index (χ2n) is 4.09. The number of aliphatic hydroxyl groups is 1. The zero-order valence-electron chi connectivity index (χ0n) is 10.1. The predicted octanol–water partition coefficient (Wildman–Crippen LogP) is 3.37. The van der Waals surface area contributed by atoms with Crippen LogP contribution < -0.4 is 4.74 Å². The van der Waals surface area contributed by atoms with E-state index in [-0.39, 0.29) is 6.61 Å². The minimum atomic E-state index is -0.629. The number of aliphatic hydroxyl groups excluding tert-OH is 1. The SMILES string of the molecule is OC(COc1ccc(Cl)cc1)Cc1ccncc1Cl. The molecule has 1 unspecified atom stereocenters. The van der Waals surface area contributed by atoms with E-state index in [9.17, 15) is 5.11 Å². The maximum Gasteiger partial charge on any atom is 0.119 e. The maximum atomic E-state index is 9.91. The van der Waals surface area contributed by atoms with Gasteiger partial charge in [-0.3, -0.25) is 4.98 Å². The van der Waals surface area contributed by atoms with E-state index in [4.69, 9.17) is 27.9 Å². The molecule has 0 saturated carbocycles. The Bertz CT molecular complexity index is 531. The molecule has 3 nitrogen and oxygen atoms in total. The summed E-state index contributed by atoms with van der Waals surface area (Å²) in [6.07, 6.45) is 3.00. The van der Waals surface area contributed by atoms with Crippen molar-refractivity contribution in [3.8, 4) is 5.75 Å². The van der Waals surface area contributed by atoms with Crippen LogP contribution in [0.15, 0.2) is 42.7 Å². The Labute approximate surface area is 121 Å². The molecule has 19 heavy (non-hydrogen) atoms. The van der Waals surface area contributed by atoms with Gasteiger partial charge in [0.15, 0.2) is 0 Å². The fourth-order valence-electron chi connectivity index (χ4n) is 1.61. The van der Waals surface area contributed by atoms with Crippen molar-refractivity contribution < 1.29 is 9.84 Å². The van der Waals surface area contributed by atoms with Gasteiger partial charge < -0.3 is 9.84 Å². The van der Waals surface area contributed by atoms with E-state index in [0.29, 0.717) is 22.2 Å². The van der Waals surface area contributed by atoms with Crippen molar-refractivity contribution in [1.82, 2.24) is 4.98 Å². The molecule has 100 valence electrons. The lowest BCUT2D eigenvalue weighted by atomic mass is 10.1. The molecule has 2 aromatic rings. The summed E-state index contributed by atoms with van der Waals surface area (Å²) in [4.78, 5) is 3.90. The number of nitrogens with zero attached hydrogens (tertiary/aromatic N) is 1. The number of ether oxygens (including phenoxy) is 1. The fraction of sp³-hybridized carbons (Fsp3) is 0.214. The Morgan fingerprint density at radius 2 is 1.89 bits per heavy atom. The second-order valence-corrected chi connectivity index (χ2v) is 4.93. The molecule has 1 atom stereocenters. The number of pyridine rings is 1. The molecule has 0 aliphatic carbocycles. The van der Waals surface area contributed by atoms with Gasteiger partial charge in [-0.15, -0.1) is 0 Å². The molecule has 1 aromatic carbocycles. The normalized spacial score (nSPS) is 12.2. The summed E-state index contributed by atoms with van der Waals surface area (Å²) in [7, 11) is 0. The number of aromatic nitrogens is 1. The molecule has 0 radical (unpaired) electrons. The van der Waals surface area contributed by atoms with Crippen LogP contribution in [-0.4, -0.2) is 22.8 Å². The number of halogens is 2. The summed E-state index contributed by atoms with van der Waals surface area (Å²) in [5, 5.41) is 11.1. The first-order chi connectivity index (χ1) is 9.15. The van der Waals surface area contributed by atoms with Crippen LogP contribution in [0.4, 0.5) is 0 Å². The molecule has 5 heteroatoms. The monoisotopic (exact) mass is 297 g/mol. The van der Waals surface area contributed by atoms with Crippen LogP contribution in [0.2, 0.25) is 10.0 Å². The van der Waals surface area contributed by atoms with Gasteiger partial charge in [-0.25, -0.2) is 0 Å². The van der Waals surface area contributed by atoms with Gasteiger partial charge in [0.2, 0.25) is 0 Å². The van der Waals surface area contributed by atoms with Gasteiger partial charge >= 0.3 is 0 Å². The van der Waals surface area contributed by atoms with Crippen molar-refractivity contribution in [2.24, 2.45) is 0 Å². The van der Waals surface area contributed by atoms with Crippen LogP contribution in [0.25, 0.3) is 0 Å². The molecule has 0 bridgehead atoms. The van der Waals surface area contributed by atoms with Crippen LogP contribution in [0.3, 0.4) is 0 Å². The van der Waals surface area contributed by atoms with Crippen LogP contribution >= 0.6 is 23.2 Å². The van der Waals surface area contributed by atoms with E-state index in [1.807, 2.05) is 0 Å². The van der Waals surface area contributed by atoms with Crippen molar-refractivity contribution in [3.63, 3.8) is 0 Å². The zero-order valence-corrected chi connectivity index (χ0v) is 11.6. The van der Waals surface area contributed by atoms with Crippen molar-refractivity contribution in [2.75, 3.05) is 6.61 Å². The molecule has 0 saturated heterocycles. The minimum Gasteiger partial charge on any atom is -0.491 e. The molecular weight excluding hydrogens is 285 g/mol. The van der Waals surface area contributed by atoms with Gasteiger partial charge in [0.25, 0.3) is 0 Å². The highest BCUT2D eigenvalue weighted by Crippen LogP contribution is 2.18. The van der Waals surface area contributed by atoms with Crippen molar-refractivity contribution >= 4 is 23.2 Å². The number of hydrogen-bond donors (Lipinski definition) is 1. The smallest absolute Gasteiger partial charge is 0.119 e. The molecule has 2 rings (SSSR count). The van der Waals surface area contributed by atoms with Crippen molar-refractivity contribution in [2.45, 2.75) is 12.5 Å². The standard InChI is InChI=1S/C14H13Cl2NO2/c15-11-1-3-13(4-2-11)19-9-12(18)7-10-5-6-17-8-14(10)16/h1-6,8,12,18H,7,9H2. The Morgan fingerprint density at radius 3 is 2.58 bits per heavy atom. The summed E-state index contributed by atoms with van der Waals surface area (Å²) < 4.78 is 5.47. The lowest BCUT2D eigenvalue weighted by Crippen LogP contribution is -2.20. The quantitative estimate of drug-likeness (QED) is 0.920. The van der Waals surface area contributed by atoms with Crippen LogP contribution in [0.5, 0.6) is 5.75 Å². The summed E-state index contributed by atoms with van der Waals surface area (Å²) in [6, 6.07) is 8.78. The lowest BCUT2D eigenvalue weighted by molar-refractivity contribution is 0.108. The van der Waals surface area contributed by atoms with E-state index >= 15 is 0 Å². The number of benzene rings is 1. The summed E-state index contributed by atoms with van der Waals surface area (Å²) in [6.45, 7) is 0.195. The average Bonchev–Trinajstić information content (AvgIpc) is 2.41. The molecule has 1 N–H and O–H groups in total. The van der Waals surface area contributed by atoms with Gasteiger partial charge in [-0.1, -0.05) is 23.2 Å². The fourth-order valence-corrected chi connectivity index (χ4v) is 1.93. The summed E-state index contributed by atoms with van der Waals surface area (Å²) in [5.41, 5.74) is 0.851. The van der Waals surface area contributed by atoms with E-state index in [0.717, 1.165) is 5.56 Å². The van der Waals surface area contributed by atoms with Crippen LogP contribution in [0, 0.1) is 0 Å². The highest BCUT2D eigenvalue weighted by molar-refractivity contribution is 6.31. The topological polar surface area (TPSA) is 42.4 Å². The maximum absolute atomic E-state index is 9.91. The molecule has 1 aromatic heterocycles. The van der Waals surface area contributed by atoms with Crippen LogP contribution in [-0.2, 0) is 6.42 Å². The third-order valence-corrected chi connectivity index (χ3v) is 3.16. The molecule has 0 fully saturated rings. The van der Waals surface area contributed by atoms with E-state index in [1.165, 1.54) is 0 Å². The molecule has 0 aliphatic rings. The van der Waals surface area contributed by atoms with Crippen LogP contribution in [0.1, 0.15) is 5.56 Å². The Hall–Kier alpha value is -1.29. The van der Waals surface area contributed by atoms with Gasteiger partial charge in [0.05, 0.1) is 11.1 Å². The number of hydrogen-bond acceptors (Lipinski definition) is 3. The number of rotatable bonds is 5. The van der Waals surface area contributed by atoms with Crippen molar-refractivity contribution in [3.05, 3.63) is 58.3 Å². The highest BCUT2D eigenvalue weighted by Gasteiger charge is 2.09. The molecule has 0 spiro atoms. The van der Waals surface area contributed by atoms with Gasteiger partial charge in [-0.05, 0) is 35.9 Å². The Balaban J connectivity index is 1.86. The van der Waals surface area contributed by atoms with Gasteiger partial charge in [0, 0.05) is 23.8 Å². The first-order valence-corrected chi connectivity index (χ1v) is 6.55. The first-order valence-electron chi connectivity index (χ1n) is 5.80. The molecular formula is C14H13Cl2NO2. The second kappa shape index (κ2) is 6.75.